The van der Waals surface area contributed by atoms with Crippen LogP contribution in [0.1, 0.15) is 5.56 Å². The fourth-order valence-corrected chi connectivity index (χ4v) is 2.57. The van der Waals surface area contributed by atoms with E-state index >= 15 is 0 Å². The van der Waals surface area contributed by atoms with Crippen molar-refractivity contribution in [3.05, 3.63) is 60.4 Å². The van der Waals surface area contributed by atoms with Crippen molar-refractivity contribution in [2.45, 2.75) is 17.2 Å². The van der Waals surface area contributed by atoms with Crippen LogP contribution in [0.5, 0.6) is 0 Å². The predicted molar refractivity (Wildman–Crippen MR) is 80.8 cm³/mol. The minimum absolute atomic E-state index is 0.550. The number of nitrogens with one attached hydrogen (secondary N) is 1. The van der Waals surface area contributed by atoms with E-state index in [1.807, 2.05) is 35.1 Å². The van der Waals surface area contributed by atoms with E-state index in [9.17, 15) is 8.78 Å². The molecule has 3 nitrogen and oxygen atoms in total. The van der Waals surface area contributed by atoms with Crippen LogP contribution in [0.3, 0.4) is 0 Å². The molecular formula is C15H13F2N3S. The largest absolute Gasteiger partial charge is 0.381 e. The topological polar surface area (TPSA) is 29.3 Å². The number of fused-ring (bicyclic) bond motifs is 1. The van der Waals surface area contributed by atoms with Gasteiger partial charge in [0.1, 0.15) is 0 Å². The van der Waals surface area contributed by atoms with E-state index in [2.05, 4.69) is 10.4 Å². The van der Waals surface area contributed by atoms with Gasteiger partial charge in [-0.3, -0.25) is 0 Å². The van der Waals surface area contributed by atoms with Crippen LogP contribution in [0.2, 0.25) is 0 Å². The first-order chi connectivity index (χ1) is 10.2. The fourth-order valence-electron chi connectivity index (χ4n) is 2.08. The van der Waals surface area contributed by atoms with Crippen LogP contribution < -0.4 is 5.32 Å². The number of nitrogens with zero attached hydrogens (tertiary/aromatic N) is 2. The van der Waals surface area contributed by atoms with E-state index in [0.717, 1.165) is 16.8 Å². The van der Waals surface area contributed by atoms with E-state index in [1.165, 1.54) is 0 Å². The van der Waals surface area contributed by atoms with Gasteiger partial charge in [-0.2, -0.15) is 13.9 Å². The van der Waals surface area contributed by atoms with Crippen molar-refractivity contribution < 1.29 is 8.78 Å². The summed E-state index contributed by atoms with van der Waals surface area (Å²) >= 11 is 0.550. The Labute approximate surface area is 125 Å². The first-order valence-electron chi connectivity index (χ1n) is 6.42. The lowest BCUT2D eigenvalue weighted by Crippen LogP contribution is -1.98. The second-order valence-electron chi connectivity index (χ2n) is 4.46. The van der Waals surface area contributed by atoms with Gasteiger partial charge in [-0.25, -0.2) is 4.52 Å². The Balaban J connectivity index is 1.67. The van der Waals surface area contributed by atoms with Crippen LogP contribution in [0, 0.1) is 0 Å². The molecule has 0 aliphatic rings. The molecule has 0 radical (unpaired) electrons. The van der Waals surface area contributed by atoms with Gasteiger partial charge in [0.2, 0.25) is 0 Å². The number of thioether (sulfide) groups is 1. The van der Waals surface area contributed by atoms with E-state index in [4.69, 9.17) is 0 Å². The van der Waals surface area contributed by atoms with Crippen molar-refractivity contribution in [2.24, 2.45) is 0 Å². The van der Waals surface area contributed by atoms with E-state index in [-0.39, 0.29) is 0 Å². The van der Waals surface area contributed by atoms with Gasteiger partial charge >= 0.3 is 0 Å². The molecule has 1 N–H and O–H groups in total. The Morgan fingerprint density at radius 2 is 1.95 bits per heavy atom. The van der Waals surface area contributed by atoms with Gasteiger partial charge in [0.15, 0.2) is 0 Å². The van der Waals surface area contributed by atoms with E-state index in [0.29, 0.717) is 23.2 Å². The maximum absolute atomic E-state index is 12.2. The van der Waals surface area contributed by atoms with Crippen LogP contribution in [0.4, 0.5) is 14.5 Å². The van der Waals surface area contributed by atoms with Crippen molar-refractivity contribution in [3.63, 3.8) is 0 Å². The molecule has 21 heavy (non-hydrogen) atoms. The Hall–Kier alpha value is -2.08. The van der Waals surface area contributed by atoms with Gasteiger partial charge < -0.3 is 5.32 Å². The molecule has 0 aliphatic carbocycles. The number of alkyl halides is 2. The number of halogens is 2. The summed E-state index contributed by atoms with van der Waals surface area (Å²) < 4.78 is 26.3. The second-order valence-corrected chi connectivity index (χ2v) is 5.52. The summed E-state index contributed by atoms with van der Waals surface area (Å²) in [5.41, 5.74) is 3.03. The zero-order valence-corrected chi connectivity index (χ0v) is 11.9. The van der Waals surface area contributed by atoms with Gasteiger partial charge in [-0.1, -0.05) is 17.8 Å². The van der Waals surface area contributed by atoms with Gasteiger partial charge in [-0.15, -0.1) is 0 Å². The Morgan fingerprint density at radius 3 is 2.71 bits per heavy atom. The lowest BCUT2D eigenvalue weighted by atomic mass is 10.2. The minimum atomic E-state index is -2.39. The normalized spacial score (nSPS) is 11.2. The van der Waals surface area contributed by atoms with Crippen molar-refractivity contribution >= 4 is 23.0 Å². The summed E-state index contributed by atoms with van der Waals surface area (Å²) in [5, 5.41) is 7.54. The van der Waals surface area contributed by atoms with Crippen LogP contribution in [0.25, 0.3) is 5.52 Å². The molecule has 2 aromatic heterocycles. The Morgan fingerprint density at radius 1 is 1.14 bits per heavy atom. The van der Waals surface area contributed by atoms with E-state index in [1.54, 1.807) is 24.3 Å². The molecule has 108 valence electrons. The molecule has 0 bridgehead atoms. The Kier molecular flexibility index (Phi) is 4.06. The average Bonchev–Trinajstić information content (AvgIpc) is 2.89. The van der Waals surface area contributed by atoms with Gasteiger partial charge in [0.25, 0.3) is 5.76 Å². The highest BCUT2D eigenvalue weighted by atomic mass is 32.2. The van der Waals surface area contributed by atoms with Crippen molar-refractivity contribution in [3.8, 4) is 0 Å². The van der Waals surface area contributed by atoms with Crippen LogP contribution in [-0.4, -0.2) is 15.4 Å². The van der Waals surface area contributed by atoms with Gasteiger partial charge in [-0.05, 0) is 36.4 Å². The molecular weight excluding hydrogens is 292 g/mol. The molecule has 0 atom stereocenters. The molecule has 2 heterocycles. The zero-order valence-electron chi connectivity index (χ0n) is 11.0. The van der Waals surface area contributed by atoms with Crippen LogP contribution in [-0.2, 0) is 6.54 Å². The molecule has 0 saturated carbocycles. The fraction of sp³-hybridized carbons (Fsp3) is 0.133. The highest BCUT2D eigenvalue weighted by Crippen LogP contribution is 2.26. The first kappa shape index (κ1) is 13.9. The number of hydrogen-bond acceptors (Lipinski definition) is 3. The maximum Gasteiger partial charge on any atom is 0.288 e. The van der Waals surface area contributed by atoms with Crippen LogP contribution in [0.15, 0.2) is 59.8 Å². The van der Waals surface area contributed by atoms with Gasteiger partial charge in [0, 0.05) is 28.9 Å². The lowest BCUT2D eigenvalue weighted by molar-refractivity contribution is 0.252. The summed E-state index contributed by atoms with van der Waals surface area (Å²) in [7, 11) is 0. The number of anilines is 1. The standard InChI is InChI=1S/C15H13F2N3S/c16-15(17)21-13-6-4-12(5-7-13)18-9-11-10-19-20-8-2-1-3-14(11)20/h1-8,10,15,18H,9H2. The quantitative estimate of drug-likeness (QED) is 0.714. The predicted octanol–water partition coefficient (Wildman–Crippen LogP) is 4.26. The smallest absolute Gasteiger partial charge is 0.288 e. The lowest BCUT2D eigenvalue weighted by Gasteiger charge is -2.06. The van der Waals surface area contributed by atoms with Crippen molar-refractivity contribution in [2.75, 3.05) is 5.32 Å². The summed E-state index contributed by atoms with van der Waals surface area (Å²) in [6.07, 6.45) is 3.72. The van der Waals surface area contributed by atoms with E-state index < -0.39 is 5.76 Å². The molecule has 1 aromatic carbocycles. The average molecular weight is 305 g/mol. The summed E-state index contributed by atoms with van der Waals surface area (Å²) in [6.45, 7) is 0.634. The van der Waals surface area contributed by atoms with Gasteiger partial charge in [0.05, 0.1) is 11.7 Å². The van der Waals surface area contributed by atoms with Crippen LogP contribution >= 0.6 is 11.8 Å². The zero-order chi connectivity index (χ0) is 14.7. The highest BCUT2D eigenvalue weighted by Gasteiger charge is 2.05. The summed E-state index contributed by atoms with van der Waals surface area (Å²) in [5.74, 6) is -2.39. The molecule has 6 heteroatoms. The number of pyridine rings is 1. The molecule has 0 aliphatic heterocycles. The molecule has 0 fully saturated rings. The molecule has 0 amide bonds. The number of rotatable bonds is 5. The molecule has 3 rings (SSSR count). The second kappa shape index (κ2) is 6.13. The Bertz CT molecular complexity index is 725. The minimum Gasteiger partial charge on any atom is -0.381 e. The first-order valence-corrected chi connectivity index (χ1v) is 7.30. The molecule has 3 aromatic rings. The number of aromatic nitrogens is 2. The maximum atomic E-state index is 12.2. The third kappa shape index (κ3) is 3.33. The SMILES string of the molecule is FC(F)Sc1ccc(NCc2cnn3ccccc23)cc1. The third-order valence-electron chi connectivity index (χ3n) is 3.07. The van der Waals surface area contributed by atoms with Crippen molar-refractivity contribution in [1.29, 1.82) is 0 Å². The molecule has 0 unspecified atom stereocenters. The van der Waals surface area contributed by atoms with Crippen molar-refractivity contribution in [1.82, 2.24) is 9.61 Å². The highest BCUT2D eigenvalue weighted by molar-refractivity contribution is 7.99. The summed E-state index contributed by atoms with van der Waals surface area (Å²) in [4.78, 5) is 0.562. The number of hydrogen-bond donors (Lipinski definition) is 1. The molecule has 0 saturated heterocycles. The number of benzene rings is 1. The summed E-state index contributed by atoms with van der Waals surface area (Å²) in [6, 6.07) is 12.9. The monoisotopic (exact) mass is 305 g/mol. The molecule has 0 spiro atoms. The third-order valence-corrected chi connectivity index (χ3v) is 3.79.